The predicted molar refractivity (Wildman–Crippen MR) is 246 cm³/mol. The van der Waals surface area contributed by atoms with Gasteiger partial charge in [-0.1, -0.05) is 188 Å². The standard InChI is InChI=1S/C57H36N2O/c1-3-18-40(19-4-1)57(41-20-5-2-6-21-41)50-28-13-11-24-44(50)48-35-39(30-32-51(48)57)52-36-53(59-56(58-52)47-27-15-17-37-16-7-8-22-42(37)47)45-25-10-9-23-43(45)38-31-33-55-49(34-38)46-26-12-14-29-54(46)60-55/h1-36H. The summed E-state index contributed by atoms with van der Waals surface area (Å²) in [4.78, 5) is 10.8. The molecule has 0 saturated carbocycles. The van der Waals surface area contributed by atoms with Crippen molar-refractivity contribution in [3.8, 4) is 56.2 Å². The van der Waals surface area contributed by atoms with Crippen molar-refractivity contribution in [2.45, 2.75) is 5.41 Å². The number of rotatable bonds is 6. The van der Waals surface area contributed by atoms with E-state index in [1.165, 1.54) is 33.4 Å². The summed E-state index contributed by atoms with van der Waals surface area (Å²) in [5.41, 5.74) is 15.8. The minimum Gasteiger partial charge on any atom is -0.456 e. The molecule has 9 aromatic carbocycles. The zero-order chi connectivity index (χ0) is 39.6. The van der Waals surface area contributed by atoms with E-state index in [4.69, 9.17) is 14.4 Å². The first-order valence-electron chi connectivity index (χ1n) is 20.5. The molecule has 0 unspecified atom stereocenters. The third kappa shape index (κ3) is 5.23. The van der Waals surface area contributed by atoms with Crippen LogP contribution in [-0.2, 0) is 5.41 Å². The van der Waals surface area contributed by atoms with Crippen LogP contribution in [-0.4, -0.2) is 9.97 Å². The first-order chi connectivity index (χ1) is 29.7. The fourth-order valence-corrected chi connectivity index (χ4v) is 9.73. The lowest BCUT2D eigenvalue weighted by molar-refractivity contribution is 0.669. The number of fused-ring (bicyclic) bond motifs is 7. The Bertz CT molecular complexity index is 3390. The molecule has 11 aromatic rings. The molecule has 0 atom stereocenters. The van der Waals surface area contributed by atoms with Crippen molar-refractivity contribution in [3.05, 3.63) is 241 Å². The van der Waals surface area contributed by atoms with Crippen molar-refractivity contribution >= 4 is 32.7 Å². The van der Waals surface area contributed by atoms with Gasteiger partial charge in [-0.25, -0.2) is 9.97 Å². The van der Waals surface area contributed by atoms with Crippen LogP contribution in [0.15, 0.2) is 223 Å². The van der Waals surface area contributed by atoms with Gasteiger partial charge in [-0.15, -0.1) is 0 Å². The Morgan fingerprint density at radius 2 is 0.917 bits per heavy atom. The average molecular weight is 765 g/mol. The minimum atomic E-state index is -0.474. The highest BCUT2D eigenvalue weighted by Gasteiger charge is 2.46. The summed E-state index contributed by atoms with van der Waals surface area (Å²) in [6.07, 6.45) is 0. The van der Waals surface area contributed by atoms with E-state index in [2.05, 4.69) is 206 Å². The molecule has 280 valence electrons. The maximum absolute atomic E-state index is 6.22. The molecule has 60 heavy (non-hydrogen) atoms. The fraction of sp³-hybridized carbons (Fsp3) is 0.0175. The third-order valence-corrected chi connectivity index (χ3v) is 12.4. The number of para-hydroxylation sites is 1. The van der Waals surface area contributed by atoms with E-state index in [-0.39, 0.29) is 0 Å². The van der Waals surface area contributed by atoms with E-state index in [1.807, 2.05) is 12.1 Å². The Morgan fingerprint density at radius 1 is 0.333 bits per heavy atom. The van der Waals surface area contributed by atoms with Gasteiger partial charge < -0.3 is 4.42 Å². The zero-order valence-electron chi connectivity index (χ0n) is 32.6. The number of furan rings is 1. The van der Waals surface area contributed by atoms with Crippen LogP contribution >= 0.6 is 0 Å². The number of hydrogen-bond acceptors (Lipinski definition) is 3. The highest BCUT2D eigenvalue weighted by molar-refractivity contribution is 6.07. The quantitative estimate of drug-likeness (QED) is 0.169. The number of benzene rings is 9. The molecule has 0 fully saturated rings. The SMILES string of the molecule is c1ccc(C2(c3ccccc3)c3ccccc3-c3cc(-c4cc(-c5ccccc5-c5ccc6oc7ccccc7c6c5)nc(-c5cccc6ccccc56)n4)ccc32)cc1. The van der Waals surface area contributed by atoms with Gasteiger partial charge >= 0.3 is 0 Å². The highest BCUT2D eigenvalue weighted by Crippen LogP contribution is 2.56. The van der Waals surface area contributed by atoms with Crippen LogP contribution < -0.4 is 0 Å². The Morgan fingerprint density at radius 3 is 1.73 bits per heavy atom. The third-order valence-electron chi connectivity index (χ3n) is 12.4. The molecule has 1 aliphatic rings. The Balaban J connectivity index is 1.09. The maximum Gasteiger partial charge on any atom is 0.161 e. The van der Waals surface area contributed by atoms with Gasteiger partial charge in [0.05, 0.1) is 16.8 Å². The zero-order valence-corrected chi connectivity index (χ0v) is 32.6. The van der Waals surface area contributed by atoms with Gasteiger partial charge in [0.15, 0.2) is 5.82 Å². The second kappa shape index (κ2) is 13.6. The maximum atomic E-state index is 6.22. The number of hydrogen-bond donors (Lipinski definition) is 0. The van der Waals surface area contributed by atoms with Gasteiger partial charge in [0.25, 0.3) is 0 Å². The van der Waals surface area contributed by atoms with Crippen LogP contribution in [0.4, 0.5) is 0 Å². The summed E-state index contributed by atoms with van der Waals surface area (Å²) in [6, 6.07) is 78.1. The second-order valence-electron chi connectivity index (χ2n) is 15.6. The van der Waals surface area contributed by atoms with Gasteiger partial charge in [-0.05, 0) is 85.6 Å². The van der Waals surface area contributed by atoms with Crippen LogP contribution in [0.3, 0.4) is 0 Å². The normalized spacial score (nSPS) is 12.8. The topological polar surface area (TPSA) is 38.9 Å². The predicted octanol–water partition coefficient (Wildman–Crippen LogP) is 14.6. The molecule has 12 rings (SSSR count). The Labute approximate surface area is 347 Å². The first kappa shape index (κ1) is 34.2. The van der Waals surface area contributed by atoms with Gasteiger partial charge in [-0.3, -0.25) is 0 Å². The molecule has 2 aromatic heterocycles. The van der Waals surface area contributed by atoms with Crippen LogP contribution in [0.1, 0.15) is 22.3 Å². The summed E-state index contributed by atoms with van der Waals surface area (Å²) in [5, 5.41) is 4.47. The Kier molecular flexibility index (Phi) is 7.76. The van der Waals surface area contributed by atoms with E-state index >= 15 is 0 Å². The molecule has 1 aliphatic carbocycles. The summed E-state index contributed by atoms with van der Waals surface area (Å²) in [7, 11) is 0. The number of nitrogens with zero attached hydrogens (tertiary/aromatic N) is 2. The van der Waals surface area contributed by atoms with E-state index in [0.29, 0.717) is 5.82 Å². The summed E-state index contributed by atoms with van der Waals surface area (Å²) < 4.78 is 6.22. The van der Waals surface area contributed by atoms with Crippen molar-refractivity contribution in [1.29, 1.82) is 0 Å². The lowest BCUT2D eigenvalue weighted by Crippen LogP contribution is -2.28. The lowest BCUT2D eigenvalue weighted by atomic mass is 9.67. The van der Waals surface area contributed by atoms with Crippen molar-refractivity contribution in [1.82, 2.24) is 9.97 Å². The monoisotopic (exact) mass is 764 g/mol. The van der Waals surface area contributed by atoms with Crippen molar-refractivity contribution in [2.24, 2.45) is 0 Å². The first-order valence-corrected chi connectivity index (χ1v) is 20.5. The lowest BCUT2D eigenvalue weighted by Gasteiger charge is -2.33. The van der Waals surface area contributed by atoms with Gasteiger partial charge in [0.2, 0.25) is 0 Å². The molecule has 0 radical (unpaired) electrons. The van der Waals surface area contributed by atoms with E-state index in [1.54, 1.807) is 0 Å². The van der Waals surface area contributed by atoms with Crippen LogP contribution in [0.5, 0.6) is 0 Å². The van der Waals surface area contributed by atoms with Crippen LogP contribution in [0, 0.1) is 0 Å². The molecule has 0 aliphatic heterocycles. The summed E-state index contributed by atoms with van der Waals surface area (Å²) in [6.45, 7) is 0. The molecule has 0 amide bonds. The van der Waals surface area contributed by atoms with Gasteiger partial charge in [-0.2, -0.15) is 0 Å². The van der Waals surface area contributed by atoms with Crippen molar-refractivity contribution in [3.63, 3.8) is 0 Å². The van der Waals surface area contributed by atoms with Crippen molar-refractivity contribution in [2.75, 3.05) is 0 Å². The molecular formula is C57H36N2O. The van der Waals surface area contributed by atoms with Gasteiger partial charge in [0, 0.05) is 27.5 Å². The van der Waals surface area contributed by atoms with E-state index in [0.717, 1.165) is 71.9 Å². The van der Waals surface area contributed by atoms with E-state index in [9.17, 15) is 0 Å². The molecule has 0 saturated heterocycles. The molecule has 0 spiro atoms. The van der Waals surface area contributed by atoms with E-state index < -0.39 is 5.41 Å². The van der Waals surface area contributed by atoms with Gasteiger partial charge in [0.1, 0.15) is 11.2 Å². The molecule has 3 nitrogen and oxygen atoms in total. The molecular weight excluding hydrogens is 729 g/mol. The smallest absolute Gasteiger partial charge is 0.161 e. The number of aromatic nitrogens is 2. The molecule has 3 heteroatoms. The minimum absolute atomic E-state index is 0.474. The van der Waals surface area contributed by atoms with Crippen LogP contribution in [0.25, 0.3) is 88.9 Å². The summed E-state index contributed by atoms with van der Waals surface area (Å²) >= 11 is 0. The fourth-order valence-electron chi connectivity index (χ4n) is 9.73. The Hall–Kier alpha value is -7.88. The molecule has 0 N–H and O–H groups in total. The second-order valence-corrected chi connectivity index (χ2v) is 15.6. The van der Waals surface area contributed by atoms with Crippen molar-refractivity contribution < 1.29 is 4.42 Å². The summed E-state index contributed by atoms with van der Waals surface area (Å²) in [5.74, 6) is 0.689. The highest BCUT2D eigenvalue weighted by atomic mass is 16.3. The van der Waals surface area contributed by atoms with Crippen LogP contribution in [0.2, 0.25) is 0 Å². The molecule has 0 bridgehead atoms. The molecule has 2 heterocycles. The largest absolute Gasteiger partial charge is 0.456 e. The average Bonchev–Trinajstić information content (AvgIpc) is 3.85.